The lowest BCUT2D eigenvalue weighted by Crippen LogP contribution is -2.39. The molecule has 1 amide bonds. The fourth-order valence-electron chi connectivity index (χ4n) is 5.71. The number of phenolic OH excluding ortho intramolecular Hbond substituents is 1. The number of carbonyl (C=O) groups excluding carboxylic acids is 1. The van der Waals surface area contributed by atoms with E-state index in [1.54, 1.807) is 29.5 Å². The molecule has 3 aromatic rings. The van der Waals surface area contributed by atoms with Crippen molar-refractivity contribution in [2.75, 3.05) is 13.1 Å². The average Bonchev–Trinajstić information content (AvgIpc) is 3.33. The van der Waals surface area contributed by atoms with E-state index in [9.17, 15) is 15.2 Å². The molecule has 8 heteroatoms. The Morgan fingerprint density at radius 2 is 2.00 bits per heavy atom. The SMILES string of the molecule is CCC(CCc1sc2c(c1C#N)CCC(N(CCC(C)C)Cc1ccc(Cl)cc1Cl)C2)CNC(=O)c1ccccc1O. The van der Waals surface area contributed by atoms with Gasteiger partial charge >= 0.3 is 0 Å². The van der Waals surface area contributed by atoms with Crippen molar-refractivity contribution >= 4 is 40.4 Å². The molecule has 1 heterocycles. The third-order valence-electron chi connectivity index (χ3n) is 8.38. The van der Waals surface area contributed by atoms with Crippen LogP contribution >= 0.6 is 34.5 Å². The van der Waals surface area contributed by atoms with Crippen molar-refractivity contribution in [3.63, 3.8) is 0 Å². The molecule has 1 aromatic heterocycles. The van der Waals surface area contributed by atoms with E-state index >= 15 is 0 Å². The van der Waals surface area contributed by atoms with Gasteiger partial charge in [0.25, 0.3) is 5.91 Å². The second-order valence-corrected chi connectivity index (χ2v) is 13.8. The Bertz CT molecular complexity index is 1410. The van der Waals surface area contributed by atoms with E-state index in [2.05, 4.69) is 37.1 Å². The molecule has 2 atom stereocenters. The van der Waals surface area contributed by atoms with Gasteiger partial charge in [-0.3, -0.25) is 9.69 Å². The maximum absolute atomic E-state index is 12.6. The highest BCUT2D eigenvalue weighted by atomic mass is 35.5. The number of nitrogens with zero attached hydrogens (tertiary/aromatic N) is 2. The maximum atomic E-state index is 12.6. The summed E-state index contributed by atoms with van der Waals surface area (Å²) in [5.74, 6) is 0.626. The number of para-hydroxylation sites is 1. The lowest BCUT2D eigenvalue weighted by molar-refractivity contribution is 0.0943. The summed E-state index contributed by atoms with van der Waals surface area (Å²) < 4.78 is 0. The van der Waals surface area contributed by atoms with Crippen molar-refractivity contribution in [1.82, 2.24) is 10.2 Å². The van der Waals surface area contributed by atoms with Crippen LogP contribution in [0.3, 0.4) is 0 Å². The minimum absolute atomic E-state index is 0.0109. The van der Waals surface area contributed by atoms with Gasteiger partial charge in [-0.05, 0) is 92.3 Å². The lowest BCUT2D eigenvalue weighted by Gasteiger charge is -2.35. The Hall–Kier alpha value is -2.56. The zero-order chi connectivity index (χ0) is 30.2. The molecular formula is C34H41Cl2N3O2S. The smallest absolute Gasteiger partial charge is 0.255 e. The van der Waals surface area contributed by atoms with E-state index in [-0.39, 0.29) is 17.6 Å². The predicted molar refractivity (Wildman–Crippen MR) is 174 cm³/mol. The molecule has 0 saturated carbocycles. The number of nitriles is 1. The maximum Gasteiger partial charge on any atom is 0.255 e. The van der Waals surface area contributed by atoms with Gasteiger partial charge in [-0.1, -0.05) is 68.6 Å². The molecule has 1 aliphatic rings. The van der Waals surface area contributed by atoms with Crippen molar-refractivity contribution in [2.24, 2.45) is 11.8 Å². The monoisotopic (exact) mass is 625 g/mol. The van der Waals surface area contributed by atoms with Gasteiger partial charge < -0.3 is 10.4 Å². The Kier molecular flexibility index (Phi) is 11.7. The normalized spacial score (nSPS) is 15.4. The highest BCUT2D eigenvalue weighted by Gasteiger charge is 2.29. The fraction of sp³-hybridized carbons (Fsp3) is 0.471. The van der Waals surface area contributed by atoms with E-state index in [4.69, 9.17) is 23.2 Å². The highest BCUT2D eigenvalue weighted by molar-refractivity contribution is 7.12. The molecule has 4 rings (SSSR count). The number of nitrogens with one attached hydrogen (secondary N) is 1. The first-order chi connectivity index (χ1) is 20.2. The minimum atomic E-state index is -0.260. The van der Waals surface area contributed by atoms with E-state index in [0.29, 0.717) is 34.1 Å². The van der Waals surface area contributed by atoms with Gasteiger partial charge in [0.05, 0.1) is 11.1 Å². The van der Waals surface area contributed by atoms with Crippen LogP contribution in [0.1, 0.15) is 83.3 Å². The summed E-state index contributed by atoms with van der Waals surface area (Å²) >= 11 is 14.5. The van der Waals surface area contributed by atoms with Crippen molar-refractivity contribution in [3.8, 4) is 11.8 Å². The fourth-order valence-corrected chi connectivity index (χ4v) is 7.57. The van der Waals surface area contributed by atoms with Gasteiger partial charge in [0.15, 0.2) is 0 Å². The summed E-state index contributed by atoms with van der Waals surface area (Å²) in [4.78, 5) is 17.7. The van der Waals surface area contributed by atoms with Crippen molar-refractivity contribution in [3.05, 3.63) is 84.5 Å². The molecule has 0 radical (unpaired) electrons. The summed E-state index contributed by atoms with van der Waals surface area (Å²) in [6, 6.07) is 15.3. The Morgan fingerprint density at radius 1 is 1.21 bits per heavy atom. The number of halogens is 2. The van der Waals surface area contributed by atoms with E-state index in [1.165, 1.54) is 21.4 Å². The third kappa shape index (κ3) is 8.29. The number of amides is 1. The second kappa shape index (κ2) is 15.3. The zero-order valence-electron chi connectivity index (χ0n) is 24.8. The molecule has 0 spiro atoms. The molecule has 1 aliphatic carbocycles. The van der Waals surface area contributed by atoms with E-state index < -0.39 is 0 Å². The Balaban J connectivity index is 1.42. The van der Waals surface area contributed by atoms with Crippen LogP contribution in [-0.2, 0) is 25.8 Å². The number of phenols is 1. The predicted octanol–water partition coefficient (Wildman–Crippen LogP) is 8.43. The molecule has 42 heavy (non-hydrogen) atoms. The number of hydrogen-bond acceptors (Lipinski definition) is 5. The van der Waals surface area contributed by atoms with Crippen LogP contribution in [0.5, 0.6) is 5.75 Å². The van der Waals surface area contributed by atoms with Crippen LogP contribution in [0.15, 0.2) is 42.5 Å². The van der Waals surface area contributed by atoms with Crippen LogP contribution in [0.2, 0.25) is 10.0 Å². The quantitative estimate of drug-likeness (QED) is 0.200. The first-order valence-electron chi connectivity index (χ1n) is 15.0. The number of thiophene rings is 1. The molecule has 5 nitrogen and oxygen atoms in total. The number of aromatic hydroxyl groups is 1. The van der Waals surface area contributed by atoms with Crippen molar-refractivity contribution in [2.45, 2.75) is 78.3 Å². The van der Waals surface area contributed by atoms with Crippen LogP contribution in [-0.4, -0.2) is 35.0 Å². The molecule has 0 saturated heterocycles. The van der Waals surface area contributed by atoms with Gasteiger partial charge in [-0.2, -0.15) is 5.26 Å². The number of fused-ring (bicyclic) bond motifs is 1. The first kappa shape index (κ1) is 32.4. The summed E-state index contributed by atoms with van der Waals surface area (Å²) in [7, 11) is 0. The molecule has 0 bridgehead atoms. The zero-order valence-corrected chi connectivity index (χ0v) is 27.1. The van der Waals surface area contributed by atoms with Crippen LogP contribution in [0, 0.1) is 23.2 Å². The van der Waals surface area contributed by atoms with Gasteiger partial charge in [0.1, 0.15) is 11.8 Å². The largest absolute Gasteiger partial charge is 0.507 e. The number of aryl methyl sites for hydroxylation is 1. The molecule has 0 fully saturated rings. The van der Waals surface area contributed by atoms with E-state index in [1.807, 2.05) is 18.2 Å². The average molecular weight is 627 g/mol. The van der Waals surface area contributed by atoms with Crippen LogP contribution in [0.25, 0.3) is 0 Å². The topological polar surface area (TPSA) is 76.4 Å². The van der Waals surface area contributed by atoms with Crippen molar-refractivity contribution in [1.29, 1.82) is 5.26 Å². The summed E-state index contributed by atoms with van der Waals surface area (Å²) in [5, 5.41) is 24.5. The molecule has 2 N–H and O–H groups in total. The molecule has 2 unspecified atom stereocenters. The number of hydrogen-bond donors (Lipinski definition) is 2. The van der Waals surface area contributed by atoms with Gasteiger partial charge in [0.2, 0.25) is 0 Å². The molecular weight excluding hydrogens is 585 g/mol. The summed E-state index contributed by atoms with van der Waals surface area (Å²) in [5.41, 5.74) is 3.50. The minimum Gasteiger partial charge on any atom is -0.507 e. The van der Waals surface area contributed by atoms with Crippen LogP contribution in [0.4, 0.5) is 0 Å². The van der Waals surface area contributed by atoms with Crippen LogP contribution < -0.4 is 5.32 Å². The third-order valence-corrected chi connectivity index (χ3v) is 10.3. The molecule has 2 aromatic carbocycles. The lowest BCUT2D eigenvalue weighted by atomic mass is 9.89. The van der Waals surface area contributed by atoms with Crippen molar-refractivity contribution < 1.29 is 9.90 Å². The molecule has 0 aliphatic heterocycles. The highest BCUT2D eigenvalue weighted by Crippen LogP contribution is 2.37. The van der Waals surface area contributed by atoms with Gasteiger partial charge in [-0.25, -0.2) is 0 Å². The second-order valence-electron chi connectivity index (χ2n) is 11.7. The number of carbonyl (C=O) groups is 1. The Morgan fingerprint density at radius 3 is 2.69 bits per heavy atom. The number of rotatable bonds is 13. The Labute approximate surface area is 264 Å². The van der Waals surface area contributed by atoms with E-state index in [0.717, 1.165) is 69.2 Å². The first-order valence-corrected chi connectivity index (χ1v) is 16.5. The molecule has 224 valence electrons. The summed E-state index contributed by atoms with van der Waals surface area (Å²) in [6.45, 7) is 8.98. The standard InChI is InChI=1S/C34H41Cl2N3O2S/c1-4-23(20-38-34(41)28-7-5-6-8-31(28)40)9-14-32-29(19-37)27-13-12-26(18-33(27)42-32)39(16-15-22(2)3)21-24-10-11-25(35)17-30(24)36/h5-8,10-11,17,22-23,26,40H,4,9,12-16,18,20-21H2,1-3H3,(H,38,41). The van der Waals surface area contributed by atoms with Gasteiger partial charge in [0, 0.05) is 38.9 Å². The summed E-state index contributed by atoms with van der Waals surface area (Å²) in [6.07, 6.45) is 6.65. The number of benzene rings is 2. The van der Waals surface area contributed by atoms with Gasteiger partial charge in [-0.15, -0.1) is 11.3 Å².